The molecule has 1 aromatic rings. The minimum absolute atomic E-state index is 0.0429. The molecule has 0 aliphatic carbocycles. The van der Waals surface area contributed by atoms with Gasteiger partial charge in [-0.15, -0.1) is 0 Å². The summed E-state index contributed by atoms with van der Waals surface area (Å²) >= 11 is 5.98. The van der Waals surface area contributed by atoms with Crippen LogP contribution in [0.5, 0.6) is 5.75 Å². The summed E-state index contributed by atoms with van der Waals surface area (Å²) < 4.78 is 20.4. The number of hydrogen-bond donors (Lipinski definition) is 1. The summed E-state index contributed by atoms with van der Waals surface area (Å²) in [4.78, 5) is 0. The molecular formula is C14H19ClFNO. The Bertz CT molecular complexity index is 416. The summed E-state index contributed by atoms with van der Waals surface area (Å²) in [6.45, 7) is 3.29. The molecule has 100 valence electrons. The molecule has 0 saturated carbocycles. The van der Waals surface area contributed by atoms with Crippen LogP contribution in [-0.2, 0) is 5.67 Å². The van der Waals surface area contributed by atoms with E-state index in [0.717, 1.165) is 19.4 Å². The van der Waals surface area contributed by atoms with Gasteiger partial charge in [0.15, 0.2) is 0 Å². The third-order valence-corrected chi connectivity index (χ3v) is 3.99. The lowest BCUT2D eigenvalue weighted by atomic mass is 9.80. The summed E-state index contributed by atoms with van der Waals surface area (Å²) in [6, 6.07) is 5.12. The fraction of sp³-hybridized carbons (Fsp3) is 0.571. The Morgan fingerprint density at radius 2 is 2.28 bits per heavy atom. The van der Waals surface area contributed by atoms with Gasteiger partial charge in [0.2, 0.25) is 0 Å². The average molecular weight is 272 g/mol. The van der Waals surface area contributed by atoms with Crippen LogP contribution in [0, 0.1) is 5.92 Å². The van der Waals surface area contributed by atoms with Crippen molar-refractivity contribution in [2.75, 3.05) is 20.2 Å². The quantitative estimate of drug-likeness (QED) is 0.908. The van der Waals surface area contributed by atoms with Gasteiger partial charge in [-0.25, -0.2) is 4.39 Å². The fourth-order valence-electron chi connectivity index (χ4n) is 2.60. The monoisotopic (exact) mass is 271 g/mol. The first-order valence-corrected chi connectivity index (χ1v) is 6.67. The van der Waals surface area contributed by atoms with Gasteiger partial charge in [0.05, 0.1) is 7.11 Å². The second-order valence-electron chi connectivity index (χ2n) is 4.96. The Kier molecular flexibility index (Phi) is 4.13. The number of hydrogen-bond acceptors (Lipinski definition) is 2. The van der Waals surface area contributed by atoms with E-state index in [-0.39, 0.29) is 5.92 Å². The smallest absolute Gasteiger partial charge is 0.140 e. The highest BCUT2D eigenvalue weighted by Gasteiger charge is 2.39. The van der Waals surface area contributed by atoms with Gasteiger partial charge in [-0.3, -0.25) is 0 Å². The molecule has 4 heteroatoms. The summed E-state index contributed by atoms with van der Waals surface area (Å²) in [6.07, 6.45) is 1.89. The summed E-state index contributed by atoms with van der Waals surface area (Å²) in [7, 11) is 1.56. The zero-order chi connectivity index (χ0) is 13.2. The fourth-order valence-corrected chi connectivity index (χ4v) is 2.77. The predicted octanol–water partition coefficient (Wildman–Crippen LogP) is 3.53. The van der Waals surface area contributed by atoms with Gasteiger partial charge in [0, 0.05) is 23.0 Å². The zero-order valence-corrected chi connectivity index (χ0v) is 11.6. The van der Waals surface area contributed by atoms with Gasteiger partial charge in [0.1, 0.15) is 11.4 Å². The van der Waals surface area contributed by atoms with E-state index in [1.165, 1.54) is 0 Å². The van der Waals surface area contributed by atoms with E-state index in [1.54, 1.807) is 32.2 Å². The van der Waals surface area contributed by atoms with Crippen LogP contribution in [0.15, 0.2) is 18.2 Å². The van der Waals surface area contributed by atoms with Crippen molar-refractivity contribution in [1.29, 1.82) is 0 Å². The van der Waals surface area contributed by atoms with Crippen molar-refractivity contribution in [1.82, 2.24) is 5.32 Å². The molecule has 1 aliphatic rings. The number of methoxy groups -OCH3 is 1. The van der Waals surface area contributed by atoms with E-state index in [0.29, 0.717) is 22.9 Å². The van der Waals surface area contributed by atoms with Crippen molar-refractivity contribution >= 4 is 11.6 Å². The molecule has 1 fully saturated rings. The molecule has 0 radical (unpaired) electrons. The molecule has 1 aromatic carbocycles. The largest absolute Gasteiger partial charge is 0.496 e. The Morgan fingerprint density at radius 1 is 1.50 bits per heavy atom. The zero-order valence-electron chi connectivity index (χ0n) is 10.8. The van der Waals surface area contributed by atoms with Crippen molar-refractivity contribution in [3.05, 3.63) is 28.8 Å². The van der Waals surface area contributed by atoms with Crippen LogP contribution in [0.2, 0.25) is 5.02 Å². The van der Waals surface area contributed by atoms with Gasteiger partial charge < -0.3 is 10.1 Å². The number of alkyl halides is 1. The Balaban J connectivity index is 2.35. The average Bonchev–Trinajstić information content (AvgIpc) is 2.39. The lowest BCUT2D eigenvalue weighted by molar-refractivity contribution is 0.0783. The number of halogens is 2. The second kappa shape index (κ2) is 5.45. The third-order valence-electron chi connectivity index (χ3n) is 3.75. The maximum Gasteiger partial charge on any atom is 0.140 e. The first kappa shape index (κ1) is 13.6. The highest BCUT2D eigenvalue weighted by Crippen LogP contribution is 2.42. The summed E-state index contributed by atoms with van der Waals surface area (Å²) in [5.41, 5.74) is -0.880. The molecule has 2 atom stereocenters. The van der Waals surface area contributed by atoms with Crippen LogP contribution in [0.4, 0.5) is 4.39 Å². The maximum atomic E-state index is 15.2. The molecule has 1 aliphatic heterocycles. The molecule has 2 rings (SSSR count). The molecule has 0 spiro atoms. The molecule has 18 heavy (non-hydrogen) atoms. The van der Waals surface area contributed by atoms with E-state index in [4.69, 9.17) is 16.3 Å². The number of nitrogens with one attached hydrogen (secondary N) is 1. The third kappa shape index (κ3) is 2.62. The number of ether oxygens (including phenoxy) is 1. The minimum atomic E-state index is -1.43. The molecule has 2 nitrogen and oxygen atoms in total. The topological polar surface area (TPSA) is 21.3 Å². The highest BCUT2D eigenvalue weighted by molar-refractivity contribution is 6.30. The Labute approximate surface area is 112 Å². The first-order valence-electron chi connectivity index (χ1n) is 6.29. The first-order chi connectivity index (χ1) is 8.55. The van der Waals surface area contributed by atoms with Crippen LogP contribution in [-0.4, -0.2) is 20.2 Å². The minimum Gasteiger partial charge on any atom is -0.496 e. The van der Waals surface area contributed by atoms with Crippen LogP contribution >= 0.6 is 11.6 Å². The lowest BCUT2D eigenvalue weighted by Gasteiger charge is -2.35. The van der Waals surface area contributed by atoms with Crippen molar-refractivity contribution < 1.29 is 9.13 Å². The van der Waals surface area contributed by atoms with E-state index >= 15 is 4.39 Å². The molecule has 2 unspecified atom stereocenters. The number of rotatable bonds is 3. The van der Waals surface area contributed by atoms with Crippen molar-refractivity contribution in [3.8, 4) is 5.75 Å². The normalized spacial score (nSPS) is 23.4. The molecule has 1 heterocycles. The second-order valence-corrected chi connectivity index (χ2v) is 5.40. The van der Waals surface area contributed by atoms with Crippen molar-refractivity contribution in [3.63, 3.8) is 0 Å². The maximum absolute atomic E-state index is 15.2. The summed E-state index contributed by atoms with van der Waals surface area (Å²) in [5.74, 6) is 0.522. The molecule has 0 aromatic heterocycles. The summed E-state index contributed by atoms with van der Waals surface area (Å²) in [5, 5.41) is 3.79. The highest BCUT2D eigenvalue weighted by atomic mass is 35.5. The van der Waals surface area contributed by atoms with Gasteiger partial charge in [0.25, 0.3) is 0 Å². The Morgan fingerprint density at radius 3 is 2.89 bits per heavy atom. The number of benzene rings is 1. The Hall–Kier alpha value is -0.800. The van der Waals surface area contributed by atoms with Gasteiger partial charge >= 0.3 is 0 Å². The molecule has 0 bridgehead atoms. The molecule has 1 N–H and O–H groups in total. The van der Waals surface area contributed by atoms with E-state index in [1.807, 2.05) is 0 Å². The molecule has 1 saturated heterocycles. The van der Waals surface area contributed by atoms with Crippen LogP contribution < -0.4 is 10.1 Å². The van der Waals surface area contributed by atoms with E-state index in [9.17, 15) is 0 Å². The van der Waals surface area contributed by atoms with Gasteiger partial charge in [-0.2, -0.15) is 0 Å². The SMILES string of the molecule is COc1ccc(Cl)cc1C(C)(F)C1CCCNC1. The standard InChI is InChI=1S/C14H19ClFNO/c1-14(16,10-4-3-7-17-9-10)12-8-11(15)5-6-13(12)18-2/h5-6,8,10,17H,3-4,7,9H2,1-2H3. The van der Waals surface area contributed by atoms with Gasteiger partial charge in [-0.1, -0.05) is 11.6 Å². The number of piperidine rings is 1. The van der Waals surface area contributed by atoms with Crippen LogP contribution in [0.25, 0.3) is 0 Å². The predicted molar refractivity (Wildman–Crippen MR) is 72.1 cm³/mol. The van der Waals surface area contributed by atoms with Gasteiger partial charge in [-0.05, 0) is 44.5 Å². The van der Waals surface area contributed by atoms with E-state index in [2.05, 4.69) is 5.32 Å². The van der Waals surface area contributed by atoms with E-state index < -0.39 is 5.67 Å². The van der Waals surface area contributed by atoms with Crippen LogP contribution in [0.3, 0.4) is 0 Å². The molecule has 0 amide bonds. The van der Waals surface area contributed by atoms with Crippen molar-refractivity contribution in [2.45, 2.75) is 25.4 Å². The molecular weight excluding hydrogens is 253 g/mol. The lowest BCUT2D eigenvalue weighted by Crippen LogP contribution is -2.40. The van der Waals surface area contributed by atoms with Crippen molar-refractivity contribution in [2.24, 2.45) is 5.92 Å². The van der Waals surface area contributed by atoms with Crippen LogP contribution in [0.1, 0.15) is 25.3 Å².